The highest BCUT2D eigenvalue weighted by molar-refractivity contribution is 6.37. The fraction of sp³-hybridized carbons (Fsp3) is 0.211. The molecule has 0 aliphatic carbocycles. The minimum absolute atomic E-state index is 0.0195. The van der Waals surface area contributed by atoms with Crippen molar-refractivity contribution in [3.63, 3.8) is 0 Å². The second kappa shape index (κ2) is 7.89. The zero-order valence-electron chi connectivity index (χ0n) is 13.8. The van der Waals surface area contributed by atoms with E-state index in [9.17, 15) is 14.4 Å². The van der Waals surface area contributed by atoms with Gasteiger partial charge in [-0.1, -0.05) is 41.4 Å². The molecule has 1 aliphatic heterocycles. The lowest BCUT2D eigenvalue weighted by molar-refractivity contribution is -0.121. The van der Waals surface area contributed by atoms with Gasteiger partial charge in [0.2, 0.25) is 5.91 Å². The molecular weight excluding hydrogens is 375 g/mol. The average Bonchev–Trinajstić information content (AvgIpc) is 2.85. The van der Waals surface area contributed by atoms with Gasteiger partial charge in [0.25, 0.3) is 11.8 Å². The topological polar surface area (TPSA) is 66.5 Å². The molecule has 3 rings (SSSR count). The Balaban J connectivity index is 1.50. The molecule has 26 heavy (non-hydrogen) atoms. The number of benzene rings is 2. The zero-order valence-corrected chi connectivity index (χ0v) is 15.3. The Morgan fingerprint density at radius 3 is 2.54 bits per heavy atom. The number of hydrogen-bond acceptors (Lipinski definition) is 3. The summed E-state index contributed by atoms with van der Waals surface area (Å²) in [6, 6.07) is 12.2. The summed E-state index contributed by atoms with van der Waals surface area (Å²) < 4.78 is 0. The van der Waals surface area contributed by atoms with Crippen molar-refractivity contribution in [2.24, 2.45) is 0 Å². The van der Waals surface area contributed by atoms with E-state index < -0.39 is 11.8 Å². The predicted octanol–water partition coefficient (Wildman–Crippen LogP) is 3.34. The first-order chi connectivity index (χ1) is 12.5. The Morgan fingerprint density at radius 2 is 1.81 bits per heavy atom. The third-order valence-electron chi connectivity index (χ3n) is 4.14. The normalized spacial score (nSPS) is 13.1. The molecule has 0 saturated heterocycles. The number of rotatable bonds is 6. The van der Waals surface area contributed by atoms with Crippen LogP contribution >= 0.6 is 23.2 Å². The number of nitrogens with one attached hydrogen (secondary N) is 1. The number of nitrogens with zero attached hydrogens (tertiary/aromatic N) is 1. The Bertz CT molecular complexity index is 883. The van der Waals surface area contributed by atoms with Gasteiger partial charge in [-0.3, -0.25) is 19.3 Å². The van der Waals surface area contributed by atoms with Crippen molar-refractivity contribution in [1.82, 2.24) is 10.2 Å². The number of halogens is 2. The van der Waals surface area contributed by atoms with Gasteiger partial charge in [-0.25, -0.2) is 0 Å². The monoisotopic (exact) mass is 390 g/mol. The summed E-state index contributed by atoms with van der Waals surface area (Å²) >= 11 is 11.9. The molecule has 1 heterocycles. The molecule has 7 heteroatoms. The van der Waals surface area contributed by atoms with Crippen molar-refractivity contribution >= 4 is 40.9 Å². The van der Waals surface area contributed by atoms with E-state index in [1.54, 1.807) is 24.3 Å². The van der Waals surface area contributed by atoms with E-state index in [4.69, 9.17) is 23.2 Å². The summed E-state index contributed by atoms with van der Waals surface area (Å²) in [4.78, 5) is 37.7. The molecule has 0 radical (unpaired) electrons. The van der Waals surface area contributed by atoms with Crippen LogP contribution in [0.25, 0.3) is 0 Å². The molecule has 0 spiro atoms. The molecule has 1 N–H and O–H groups in total. The van der Waals surface area contributed by atoms with Gasteiger partial charge < -0.3 is 5.32 Å². The van der Waals surface area contributed by atoms with Crippen molar-refractivity contribution in [3.8, 4) is 0 Å². The van der Waals surface area contributed by atoms with Crippen LogP contribution in [-0.4, -0.2) is 35.7 Å². The van der Waals surface area contributed by atoms with Gasteiger partial charge in [0.05, 0.1) is 16.1 Å². The minimum Gasteiger partial charge on any atom is -0.356 e. The molecule has 2 aromatic rings. The fourth-order valence-electron chi connectivity index (χ4n) is 2.84. The molecule has 0 atom stereocenters. The molecule has 2 aromatic carbocycles. The fourth-order valence-corrected chi connectivity index (χ4v) is 3.30. The zero-order chi connectivity index (χ0) is 18.7. The number of imide groups is 1. The van der Waals surface area contributed by atoms with Gasteiger partial charge in [0, 0.05) is 24.5 Å². The molecular formula is C19H16Cl2N2O3. The van der Waals surface area contributed by atoms with Crippen molar-refractivity contribution < 1.29 is 14.4 Å². The smallest absolute Gasteiger partial charge is 0.263 e. The lowest BCUT2D eigenvalue weighted by Crippen LogP contribution is -2.35. The molecule has 0 unspecified atom stereocenters. The molecule has 0 saturated carbocycles. The Kier molecular flexibility index (Phi) is 5.59. The average molecular weight is 391 g/mol. The molecule has 0 aromatic heterocycles. The van der Waals surface area contributed by atoms with Crippen molar-refractivity contribution in [3.05, 3.63) is 69.2 Å². The van der Waals surface area contributed by atoms with Crippen LogP contribution in [0.5, 0.6) is 0 Å². The van der Waals surface area contributed by atoms with Crippen molar-refractivity contribution in [1.29, 1.82) is 0 Å². The van der Waals surface area contributed by atoms with Crippen LogP contribution in [0.4, 0.5) is 0 Å². The Hall–Kier alpha value is -2.37. The number of carbonyl (C=O) groups excluding carboxylic acids is 3. The molecule has 5 nitrogen and oxygen atoms in total. The third kappa shape index (κ3) is 3.89. The SMILES string of the molecule is O=C(CCN1C(=O)c2cccc(Cl)c2C1=O)NCCc1cccc(Cl)c1. The highest BCUT2D eigenvalue weighted by Crippen LogP contribution is 2.29. The summed E-state index contributed by atoms with van der Waals surface area (Å²) in [5.74, 6) is -1.10. The maximum Gasteiger partial charge on any atom is 0.263 e. The van der Waals surface area contributed by atoms with E-state index in [1.165, 1.54) is 0 Å². The van der Waals surface area contributed by atoms with E-state index in [0.717, 1.165) is 10.5 Å². The second-order valence-electron chi connectivity index (χ2n) is 5.90. The quantitative estimate of drug-likeness (QED) is 0.769. The summed E-state index contributed by atoms with van der Waals surface area (Å²) in [5.41, 5.74) is 1.51. The first-order valence-corrected chi connectivity index (χ1v) is 8.89. The van der Waals surface area contributed by atoms with Gasteiger partial charge in [0.1, 0.15) is 0 Å². The van der Waals surface area contributed by atoms with Crippen LogP contribution in [0.2, 0.25) is 10.0 Å². The number of fused-ring (bicyclic) bond motifs is 1. The summed E-state index contributed by atoms with van der Waals surface area (Å²) in [6.45, 7) is 0.471. The molecule has 0 fully saturated rings. The summed E-state index contributed by atoms with van der Waals surface area (Å²) in [6.07, 6.45) is 0.688. The molecule has 0 bridgehead atoms. The van der Waals surface area contributed by atoms with Gasteiger partial charge in [-0.15, -0.1) is 0 Å². The van der Waals surface area contributed by atoms with Crippen LogP contribution in [-0.2, 0) is 11.2 Å². The summed E-state index contributed by atoms with van der Waals surface area (Å²) in [7, 11) is 0. The third-order valence-corrected chi connectivity index (χ3v) is 4.69. The maximum absolute atomic E-state index is 12.3. The first-order valence-electron chi connectivity index (χ1n) is 8.13. The first kappa shape index (κ1) is 18.4. The van der Waals surface area contributed by atoms with Crippen LogP contribution in [0.3, 0.4) is 0 Å². The van der Waals surface area contributed by atoms with Gasteiger partial charge in [0.15, 0.2) is 0 Å². The van der Waals surface area contributed by atoms with E-state index in [-0.39, 0.29) is 35.0 Å². The Labute approximate surface area is 160 Å². The lowest BCUT2D eigenvalue weighted by Gasteiger charge is -2.13. The van der Waals surface area contributed by atoms with E-state index in [2.05, 4.69) is 5.32 Å². The maximum atomic E-state index is 12.3. The standard InChI is InChI=1S/C19H16Cl2N2O3/c20-13-4-1-3-12(11-13)7-9-22-16(24)8-10-23-18(25)14-5-2-6-15(21)17(14)19(23)26/h1-6,11H,7-10H2,(H,22,24). The van der Waals surface area contributed by atoms with Crippen LogP contribution in [0.15, 0.2) is 42.5 Å². The van der Waals surface area contributed by atoms with Crippen LogP contribution in [0.1, 0.15) is 32.7 Å². The van der Waals surface area contributed by atoms with Crippen molar-refractivity contribution in [2.45, 2.75) is 12.8 Å². The van der Waals surface area contributed by atoms with Crippen LogP contribution in [0, 0.1) is 0 Å². The largest absolute Gasteiger partial charge is 0.356 e. The summed E-state index contributed by atoms with van der Waals surface area (Å²) in [5, 5.41) is 3.68. The minimum atomic E-state index is -0.456. The predicted molar refractivity (Wildman–Crippen MR) is 99.6 cm³/mol. The van der Waals surface area contributed by atoms with Gasteiger partial charge in [-0.2, -0.15) is 0 Å². The number of hydrogen-bond donors (Lipinski definition) is 1. The molecule has 3 amide bonds. The Morgan fingerprint density at radius 1 is 1.04 bits per heavy atom. The van der Waals surface area contributed by atoms with Gasteiger partial charge in [-0.05, 0) is 36.2 Å². The highest BCUT2D eigenvalue weighted by atomic mass is 35.5. The number of carbonyl (C=O) groups is 3. The van der Waals surface area contributed by atoms with E-state index in [1.807, 2.05) is 18.2 Å². The van der Waals surface area contributed by atoms with Gasteiger partial charge >= 0.3 is 0 Å². The molecule has 134 valence electrons. The van der Waals surface area contributed by atoms with Crippen molar-refractivity contribution in [2.75, 3.05) is 13.1 Å². The van der Waals surface area contributed by atoms with Crippen LogP contribution < -0.4 is 5.32 Å². The van der Waals surface area contributed by atoms with E-state index >= 15 is 0 Å². The highest BCUT2D eigenvalue weighted by Gasteiger charge is 2.36. The molecule has 1 aliphatic rings. The number of amides is 3. The van der Waals surface area contributed by atoms with E-state index in [0.29, 0.717) is 18.0 Å². The lowest BCUT2D eigenvalue weighted by atomic mass is 10.1. The second-order valence-corrected chi connectivity index (χ2v) is 6.75.